The Morgan fingerprint density at radius 1 is 1.15 bits per heavy atom. The van der Waals surface area contributed by atoms with Gasteiger partial charge in [0.05, 0.1) is 5.41 Å². The molecule has 0 aromatic carbocycles. The molecule has 116 valence electrons. The fraction of sp³-hybridized carbons (Fsp3) is 0.875. The van der Waals surface area contributed by atoms with E-state index in [1.807, 2.05) is 18.7 Å². The maximum atomic E-state index is 12.8. The molecule has 1 saturated carbocycles. The van der Waals surface area contributed by atoms with Crippen LogP contribution < -0.4 is 0 Å². The van der Waals surface area contributed by atoms with E-state index in [2.05, 4.69) is 13.8 Å². The van der Waals surface area contributed by atoms with Gasteiger partial charge >= 0.3 is 5.97 Å². The number of amides is 1. The maximum absolute atomic E-state index is 12.8. The molecule has 0 aromatic rings. The van der Waals surface area contributed by atoms with Crippen LogP contribution in [-0.2, 0) is 9.59 Å². The van der Waals surface area contributed by atoms with Crippen LogP contribution >= 0.6 is 0 Å². The first-order valence-electron chi connectivity index (χ1n) is 7.74. The van der Waals surface area contributed by atoms with Gasteiger partial charge in [0.25, 0.3) is 0 Å². The van der Waals surface area contributed by atoms with Crippen LogP contribution in [0.3, 0.4) is 0 Å². The van der Waals surface area contributed by atoms with Crippen molar-refractivity contribution in [1.82, 2.24) is 4.90 Å². The SMILES string of the molecule is CCCN(CCC)C(=O)[C@H]1CC[C@@](C)(C(=O)O)C1(C)C. The molecule has 1 fully saturated rings. The van der Waals surface area contributed by atoms with E-state index in [0.29, 0.717) is 12.8 Å². The minimum Gasteiger partial charge on any atom is -0.481 e. The van der Waals surface area contributed by atoms with Gasteiger partial charge in [0.2, 0.25) is 5.91 Å². The summed E-state index contributed by atoms with van der Waals surface area (Å²) < 4.78 is 0. The number of nitrogens with zero attached hydrogens (tertiary/aromatic N) is 1. The molecule has 0 unspecified atom stereocenters. The zero-order valence-electron chi connectivity index (χ0n) is 13.5. The molecule has 0 saturated heterocycles. The molecule has 1 rings (SSSR count). The monoisotopic (exact) mass is 283 g/mol. The van der Waals surface area contributed by atoms with Crippen molar-refractivity contribution in [3.05, 3.63) is 0 Å². The molecular weight excluding hydrogens is 254 g/mol. The van der Waals surface area contributed by atoms with Gasteiger partial charge in [0.1, 0.15) is 0 Å². The Balaban J connectivity index is 2.97. The highest BCUT2D eigenvalue weighted by atomic mass is 16.4. The Morgan fingerprint density at radius 3 is 2.00 bits per heavy atom. The average molecular weight is 283 g/mol. The first kappa shape index (κ1) is 17.0. The van der Waals surface area contributed by atoms with Crippen LogP contribution in [0.15, 0.2) is 0 Å². The van der Waals surface area contributed by atoms with Crippen molar-refractivity contribution < 1.29 is 14.7 Å². The number of hydrogen-bond acceptors (Lipinski definition) is 2. The van der Waals surface area contributed by atoms with Gasteiger partial charge in [-0.1, -0.05) is 27.7 Å². The van der Waals surface area contributed by atoms with Gasteiger partial charge in [-0.25, -0.2) is 0 Å². The number of aliphatic carboxylic acids is 1. The van der Waals surface area contributed by atoms with Gasteiger partial charge in [-0.05, 0) is 38.0 Å². The maximum Gasteiger partial charge on any atom is 0.309 e. The summed E-state index contributed by atoms with van der Waals surface area (Å²) in [5.41, 5.74) is -1.31. The second kappa shape index (κ2) is 6.15. The number of carbonyl (C=O) groups is 2. The summed E-state index contributed by atoms with van der Waals surface area (Å²) in [6.07, 6.45) is 3.14. The zero-order valence-corrected chi connectivity index (χ0v) is 13.5. The van der Waals surface area contributed by atoms with Crippen molar-refractivity contribution in [2.75, 3.05) is 13.1 Å². The van der Waals surface area contributed by atoms with Crippen molar-refractivity contribution in [2.24, 2.45) is 16.7 Å². The van der Waals surface area contributed by atoms with Gasteiger partial charge in [-0.3, -0.25) is 9.59 Å². The summed E-state index contributed by atoms with van der Waals surface area (Å²) in [7, 11) is 0. The Hall–Kier alpha value is -1.06. The van der Waals surface area contributed by atoms with Crippen LogP contribution in [0.5, 0.6) is 0 Å². The lowest BCUT2D eigenvalue weighted by atomic mass is 9.65. The van der Waals surface area contributed by atoms with Crippen molar-refractivity contribution in [2.45, 2.75) is 60.3 Å². The van der Waals surface area contributed by atoms with Gasteiger partial charge in [-0.15, -0.1) is 0 Å². The van der Waals surface area contributed by atoms with Crippen molar-refractivity contribution in [1.29, 1.82) is 0 Å². The lowest BCUT2D eigenvalue weighted by Crippen LogP contribution is -2.47. The van der Waals surface area contributed by atoms with E-state index >= 15 is 0 Å². The van der Waals surface area contributed by atoms with Crippen molar-refractivity contribution in [3.63, 3.8) is 0 Å². The summed E-state index contributed by atoms with van der Waals surface area (Å²) >= 11 is 0. The summed E-state index contributed by atoms with van der Waals surface area (Å²) in [5, 5.41) is 9.53. The highest BCUT2D eigenvalue weighted by molar-refractivity contribution is 5.84. The minimum absolute atomic E-state index is 0.142. The quantitative estimate of drug-likeness (QED) is 0.814. The molecule has 20 heavy (non-hydrogen) atoms. The number of carboxylic acids is 1. The Kier molecular flexibility index (Phi) is 5.22. The van der Waals surface area contributed by atoms with E-state index in [1.165, 1.54) is 0 Å². The summed E-state index contributed by atoms with van der Waals surface area (Å²) in [6, 6.07) is 0. The lowest BCUT2D eigenvalue weighted by Gasteiger charge is -2.39. The molecule has 1 aliphatic carbocycles. The largest absolute Gasteiger partial charge is 0.481 e. The molecule has 4 nitrogen and oxygen atoms in total. The number of rotatable bonds is 6. The van der Waals surface area contributed by atoms with Crippen LogP contribution in [0, 0.1) is 16.7 Å². The third kappa shape index (κ3) is 2.70. The molecule has 0 spiro atoms. The van der Waals surface area contributed by atoms with E-state index in [4.69, 9.17) is 0 Å². The van der Waals surface area contributed by atoms with Gasteiger partial charge in [-0.2, -0.15) is 0 Å². The standard InChI is InChI=1S/C16H29NO3/c1-6-10-17(11-7-2)13(18)12-8-9-16(5,14(19)20)15(12,3)4/h12H,6-11H2,1-5H3,(H,19,20)/t12-,16+/m1/s1. The molecular formula is C16H29NO3. The van der Waals surface area contributed by atoms with E-state index in [-0.39, 0.29) is 11.8 Å². The number of hydrogen-bond donors (Lipinski definition) is 1. The average Bonchev–Trinajstić information content (AvgIpc) is 2.61. The molecule has 0 radical (unpaired) electrons. The van der Waals surface area contributed by atoms with Crippen LogP contribution in [0.2, 0.25) is 0 Å². The fourth-order valence-electron chi connectivity index (χ4n) is 3.41. The summed E-state index contributed by atoms with van der Waals surface area (Å²) in [4.78, 5) is 26.3. The predicted molar refractivity (Wildman–Crippen MR) is 79.4 cm³/mol. The molecule has 1 N–H and O–H groups in total. The minimum atomic E-state index is -0.808. The second-order valence-corrected chi connectivity index (χ2v) is 6.78. The Bertz CT molecular complexity index is 372. The highest BCUT2D eigenvalue weighted by Crippen LogP contribution is 2.56. The molecule has 0 aromatic heterocycles. The van der Waals surface area contributed by atoms with E-state index < -0.39 is 16.8 Å². The zero-order chi connectivity index (χ0) is 15.6. The Morgan fingerprint density at radius 2 is 1.65 bits per heavy atom. The second-order valence-electron chi connectivity index (χ2n) is 6.78. The Labute approximate surface area is 122 Å². The molecule has 0 heterocycles. The first-order chi connectivity index (χ1) is 9.22. The third-order valence-electron chi connectivity index (χ3n) is 5.30. The topological polar surface area (TPSA) is 57.6 Å². The van der Waals surface area contributed by atoms with Crippen LogP contribution in [0.25, 0.3) is 0 Å². The molecule has 1 aliphatic rings. The number of carbonyl (C=O) groups excluding carboxylic acids is 1. The van der Waals surface area contributed by atoms with Crippen LogP contribution in [-0.4, -0.2) is 35.0 Å². The molecule has 2 atom stereocenters. The van der Waals surface area contributed by atoms with Gasteiger partial charge in [0.15, 0.2) is 0 Å². The molecule has 4 heteroatoms. The summed E-state index contributed by atoms with van der Waals surface area (Å²) in [6.45, 7) is 11.3. The van der Waals surface area contributed by atoms with Crippen molar-refractivity contribution >= 4 is 11.9 Å². The van der Waals surface area contributed by atoms with E-state index in [9.17, 15) is 14.7 Å². The lowest BCUT2D eigenvalue weighted by molar-refractivity contribution is -0.156. The number of carboxylic acid groups (broad SMARTS) is 1. The molecule has 1 amide bonds. The van der Waals surface area contributed by atoms with Crippen LogP contribution in [0.4, 0.5) is 0 Å². The molecule has 0 aliphatic heterocycles. The summed E-state index contributed by atoms with van der Waals surface area (Å²) in [5.74, 6) is -0.819. The highest BCUT2D eigenvalue weighted by Gasteiger charge is 2.58. The van der Waals surface area contributed by atoms with Gasteiger partial charge < -0.3 is 10.0 Å². The van der Waals surface area contributed by atoms with Crippen LogP contribution in [0.1, 0.15) is 60.3 Å². The first-order valence-corrected chi connectivity index (χ1v) is 7.74. The third-order valence-corrected chi connectivity index (χ3v) is 5.30. The van der Waals surface area contributed by atoms with E-state index in [1.54, 1.807) is 6.92 Å². The normalized spacial score (nSPS) is 28.4. The van der Waals surface area contributed by atoms with Gasteiger partial charge in [0, 0.05) is 19.0 Å². The van der Waals surface area contributed by atoms with E-state index in [0.717, 1.165) is 25.9 Å². The molecule has 0 bridgehead atoms. The fourth-order valence-corrected chi connectivity index (χ4v) is 3.41. The van der Waals surface area contributed by atoms with Crippen molar-refractivity contribution in [3.8, 4) is 0 Å². The smallest absolute Gasteiger partial charge is 0.309 e. The predicted octanol–water partition coefficient (Wildman–Crippen LogP) is 3.16.